The molecular formula is C17H18F2N4O2S. The van der Waals surface area contributed by atoms with Gasteiger partial charge >= 0.3 is 6.61 Å². The van der Waals surface area contributed by atoms with Gasteiger partial charge in [0.25, 0.3) is 0 Å². The summed E-state index contributed by atoms with van der Waals surface area (Å²) in [7, 11) is 0. The molecule has 0 bridgehead atoms. The van der Waals surface area contributed by atoms with Crippen molar-refractivity contribution >= 4 is 16.3 Å². The minimum Gasteiger partial charge on any atom is -0.492 e. The summed E-state index contributed by atoms with van der Waals surface area (Å²) in [4.78, 5) is 7.87. The monoisotopic (exact) mass is 380 g/mol. The SMILES string of the molecule is Cc1nc2sc([C@H](c3cccc(OC(F)F)c3)N3CCCC3)c(O)n2n1. The number of aromatic nitrogens is 3. The van der Waals surface area contributed by atoms with Crippen molar-refractivity contribution in [2.24, 2.45) is 0 Å². The zero-order valence-electron chi connectivity index (χ0n) is 14.1. The molecule has 1 N–H and O–H groups in total. The summed E-state index contributed by atoms with van der Waals surface area (Å²) in [6.45, 7) is 0.635. The normalized spacial score (nSPS) is 16.6. The maximum Gasteiger partial charge on any atom is 0.387 e. The number of aryl methyl sites for hydroxylation is 1. The molecule has 1 aromatic carbocycles. The van der Waals surface area contributed by atoms with Gasteiger partial charge in [0.15, 0.2) is 0 Å². The molecule has 0 saturated carbocycles. The van der Waals surface area contributed by atoms with Crippen molar-refractivity contribution in [1.82, 2.24) is 19.5 Å². The van der Waals surface area contributed by atoms with Gasteiger partial charge in [0, 0.05) is 0 Å². The average molecular weight is 380 g/mol. The predicted octanol–water partition coefficient (Wildman–Crippen LogP) is 3.59. The minimum absolute atomic E-state index is 0.0441. The largest absolute Gasteiger partial charge is 0.492 e. The van der Waals surface area contributed by atoms with Crippen LogP contribution in [0.3, 0.4) is 0 Å². The lowest BCUT2D eigenvalue weighted by molar-refractivity contribution is -0.0499. The molecule has 0 radical (unpaired) electrons. The molecule has 1 atom stereocenters. The van der Waals surface area contributed by atoms with E-state index in [1.165, 1.54) is 21.9 Å². The molecule has 1 aliphatic heterocycles. The molecule has 6 nitrogen and oxygen atoms in total. The second-order valence-corrected chi connectivity index (χ2v) is 7.25. The Bertz CT molecular complexity index is 921. The molecule has 3 heterocycles. The van der Waals surface area contributed by atoms with E-state index in [0.29, 0.717) is 15.7 Å². The standard InChI is InChI=1S/C17H18F2N4O2S/c1-10-20-17-23(21-10)15(24)14(26-17)13(22-7-2-3-8-22)11-5-4-6-12(9-11)25-16(18)19/h4-6,9,13,16,24H,2-3,7-8H2,1H3/t13-/m0/s1. The second-order valence-electron chi connectivity index (χ2n) is 6.24. The topological polar surface area (TPSA) is 62.9 Å². The zero-order chi connectivity index (χ0) is 18.3. The van der Waals surface area contributed by atoms with Gasteiger partial charge in [-0.05, 0) is 50.6 Å². The first-order valence-electron chi connectivity index (χ1n) is 8.37. The molecule has 3 aromatic rings. The van der Waals surface area contributed by atoms with Crippen LogP contribution >= 0.6 is 11.3 Å². The number of halogens is 2. The molecule has 4 rings (SSSR count). The number of ether oxygens (including phenoxy) is 1. The molecule has 2 aromatic heterocycles. The van der Waals surface area contributed by atoms with Crippen LogP contribution in [-0.4, -0.2) is 44.3 Å². The number of thiazole rings is 1. The fourth-order valence-corrected chi connectivity index (χ4v) is 4.58. The molecule has 1 aliphatic rings. The van der Waals surface area contributed by atoms with Crippen LogP contribution in [0.2, 0.25) is 0 Å². The summed E-state index contributed by atoms with van der Waals surface area (Å²) in [5.41, 5.74) is 0.793. The van der Waals surface area contributed by atoms with Crippen molar-refractivity contribution in [3.63, 3.8) is 0 Å². The van der Waals surface area contributed by atoms with Crippen molar-refractivity contribution in [3.8, 4) is 11.6 Å². The highest BCUT2D eigenvalue weighted by Crippen LogP contribution is 2.41. The summed E-state index contributed by atoms with van der Waals surface area (Å²) in [6, 6.07) is 6.40. The Morgan fingerprint density at radius 3 is 2.73 bits per heavy atom. The number of hydrogen-bond donors (Lipinski definition) is 1. The van der Waals surface area contributed by atoms with E-state index in [1.54, 1.807) is 19.1 Å². The second kappa shape index (κ2) is 6.81. The Kier molecular flexibility index (Phi) is 4.49. The average Bonchev–Trinajstić information content (AvgIpc) is 3.28. The van der Waals surface area contributed by atoms with Gasteiger partial charge in [0.05, 0.1) is 10.9 Å². The lowest BCUT2D eigenvalue weighted by Crippen LogP contribution is -2.26. The molecule has 0 amide bonds. The maximum absolute atomic E-state index is 12.6. The van der Waals surface area contributed by atoms with E-state index in [0.717, 1.165) is 31.5 Å². The van der Waals surface area contributed by atoms with Crippen molar-refractivity contribution in [3.05, 3.63) is 40.5 Å². The lowest BCUT2D eigenvalue weighted by Gasteiger charge is -2.27. The lowest BCUT2D eigenvalue weighted by atomic mass is 10.0. The number of nitrogens with zero attached hydrogens (tertiary/aromatic N) is 4. The van der Waals surface area contributed by atoms with Crippen molar-refractivity contribution in [2.75, 3.05) is 13.1 Å². The van der Waals surface area contributed by atoms with Gasteiger partial charge in [-0.3, -0.25) is 4.90 Å². The van der Waals surface area contributed by atoms with Crippen LogP contribution in [0.5, 0.6) is 11.6 Å². The van der Waals surface area contributed by atoms with Gasteiger partial charge < -0.3 is 9.84 Å². The third-order valence-electron chi connectivity index (χ3n) is 4.46. The Labute approximate surface area is 152 Å². The van der Waals surface area contributed by atoms with E-state index in [1.807, 2.05) is 6.07 Å². The zero-order valence-corrected chi connectivity index (χ0v) is 14.9. The van der Waals surface area contributed by atoms with Crippen LogP contribution in [0.25, 0.3) is 4.96 Å². The Morgan fingerprint density at radius 2 is 2.04 bits per heavy atom. The van der Waals surface area contributed by atoms with E-state index in [2.05, 4.69) is 19.7 Å². The number of fused-ring (bicyclic) bond motifs is 1. The minimum atomic E-state index is -2.87. The first-order chi connectivity index (χ1) is 12.5. The molecule has 138 valence electrons. The third-order valence-corrected chi connectivity index (χ3v) is 5.53. The molecule has 0 spiro atoms. The van der Waals surface area contributed by atoms with Crippen molar-refractivity contribution in [2.45, 2.75) is 32.4 Å². The van der Waals surface area contributed by atoms with Crippen molar-refractivity contribution in [1.29, 1.82) is 0 Å². The summed E-state index contributed by atoms with van der Waals surface area (Å²) in [6.07, 6.45) is 2.12. The van der Waals surface area contributed by atoms with E-state index in [-0.39, 0.29) is 17.7 Å². The highest BCUT2D eigenvalue weighted by Gasteiger charge is 2.31. The van der Waals surface area contributed by atoms with Gasteiger partial charge in [-0.1, -0.05) is 23.5 Å². The quantitative estimate of drug-likeness (QED) is 0.733. The van der Waals surface area contributed by atoms with Crippen LogP contribution in [0.4, 0.5) is 8.78 Å². The van der Waals surface area contributed by atoms with Crippen molar-refractivity contribution < 1.29 is 18.6 Å². The van der Waals surface area contributed by atoms with E-state index >= 15 is 0 Å². The van der Waals surface area contributed by atoms with Gasteiger partial charge in [-0.15, -0.1) is 5.10 Å². The highest BCUT2D eigenvalue weighted by molar-refractivity contribution is 7.17. The Hall–Kier alpha value is -2.26. The number of alkyl halides is 2. The van der Waals surface area contributed by atoms with Gasteiger partial charge in [0.2, 0.25) is 10.8 Å². The summed E-state index contributed by atoms with van der Waals surface area (Å²) in [5, 5.41) is 14.9. The molecule has 0 unspecified atom stereocenters. The number of aromatic hydroxyl groups is 1. The number of benzene rings is 1. The predicted molar refractivity (Wildman–Crippen MR) is 93.0 cm³/mol. The van der Waals surface area contributed by atoms with Gasteiger partial charge in [-0.25, -0.2) is 4.98 Å². The van der Waals surface area contributed by atoms with E-state index < -0.39 is 6.61 Å². The third kappa shape index (κ3) is 3.12. The first-order valence-corrected chi connectivity index (χ1v) is 9.18. The Balaban J connectivity index is 1.79. The summed E-state index contributed by atoms with van der Waals surface area (Å²) < 4.78 is 31.2. The number of likely N-dealkylation sites (tertiary alicyclic amines) is 1. The number of rotatable bonds is 5. The highest BCUT2D eigenvalue weighted by atomic mass is 32.1. The number of hydrogen-bond acceptors (Lipinski definition) is 6. The van der Waals surface area contributed by atoms with E-state index in [9.17, 15) is 13.9 Å². The van der Waals surface area contributed by atoms with Crippen LogP contribution < -0.4 is 4.74 Å². The molecule has 1 fully saturated rings. The smallest absolute Gasteiger partial charge is 0.387 e. The first kappa shape index (κ1) is 17.2. The van der Waals surface area contributed by atoms with E-state index in [4.69, 9.17) is 0 Å². The summed E-state index contributed by atoms with van der Waals surface area (Å²) >= 11 is 1.36. The Morgan fingerprint density at radius 1 is 1.27 bits per heavy atom. The fraction of sp³-hybridized carbons (Fsp3) is 0.412. The molecular weight excluding hydrogens is 362 g/mol. The van der Waals surface area contributed by atoms with Crippen LogP contribution in [-0.2, 0) is 0 Å². The molecule has 0 aliphatic carbocycles. The van der Waals surface area contributed by atoms with Crippen LogP contribution in [0.15, 0.2) is 24.3 Å². The fourth-order valence-electron chi connectivity index (χ4n) is 3.41. The van der Waals surface area contributed by atoms with Gasteiger partial charge in [-0.2, -0.15) is 13.3 Å². The van der Waals surface area contributed by atoms with Gasteiger partial charge in [0.1, 0.15) is 11.6 Å². The van der Waals surface area contributed by atoms with Crippen LogP contribution in [0, 0.1) is 6.92 Å². The molecule has 1 saturated heterocycles. The summed E-state index contributed by atoms with van der Waals surface area (Å²) in [5.74, 6) is 0.738. The van der Waals surface area contributed by atoms with Crippen LogP contribution in [0.1, 0.15) is 35.1 Å². The molecule has 9 heteroatoms. The maximum atomic E-state index is 12.6. The molecule has 26 heavy (non-hydrogen) atoms.